The Morgan fingerprint density at radius 2 is 1.45 bits per heavy atom. The maximum absolute atomic E-state index is 11.5. The molecule has 3 N–H and O–H groups in total. The minimum absolute atomic E-state index is 0.441. The van der Waals surface area contributed by atoms with E-state index in [2.05, 4.69) is 13.8 Å². The van der Waals surface area contributed by atoms with Gasteiger partial charge in [0.25, 0.3) is 0 Å². The summed E-state index contributed by atoms with van der Waals surface area (Å²) in [5, 5.41) is 9.45. The minimum atomic E-state index is -0.833. The highest BCUT2D eigenvalue weighted by Gasteiger charge is 2.16. The van der Waals surface area contributed by atoms with Crippen LogP contribution in [0.15, 0.2) is 12.1 Å². The van der Waals surface area contributed by atoms with Crippen LogP contribution in [0.5, 0.6) is 0 Å². The van der Waals surface area contributed by atoms with Crippen LogP contribution in [-0.2, 0) is 12.8 Å². The van der Waals surface area contributed by atoms with E-state index in [1.807, 2.05) is 0 Å². The van der Waals surface area contributed by atoms with Gasteiger partial charge in [0.2, 0.25) is 0 Å². The third-order valence-corrected chi connectivity index (χ3v) is 4.26. The van der Waals surface area contributed by atoms with Crippen molar-refractivity contribution in [2.75, 3.05) is 5.73 Å². The molecule has 0 heterocycles. The first-order valence-electron chi connectivity index (χ1n) is 8.75. The Kier molecular flexibility index (Phi) is 8.64. The largest absolute Gasteiger partial charge is 0.478 e. The number of aromatic carboxylic acids is 1. The zero-order valence-corrected chi connectivity index (χ0v) is 14.2. The van der Waals surface area contributed by atoms with Crippen molar-refractivity contribution >= 4 is 11.7 Å². The van der Waals surface area contributed by atoms with Gasteiger partial charge in [-0.05, 0) is 48.9 Å². The molecule has 0 aromatic heterocycles. The van der Waals surface area contributed by atoms with E-state index in [9.17, 15) is 9.90 Å². The molecule has 22 heavy (non-hydrogen) atoms. The Hall–Kier alpha value is -1.51. The quantitative estimate of drug-likeness (QED) is 0.435. The normalized spacial score (nSPS) is 10.8. The summed E-state index contributed by atoms with van der Waals surface area (Å²) in [5.74, 6) is -0.833. The molecule has 0 unspecified atom stereocenters. The zero-order chi connectivity index (χ0) is 16.4. The van der Waals surface area contributed by atoms with Crippen molar-refractivity contribution in [3.05, 3.63) is 28.8 Å². The second-order valence-electron chi connectivity index (χ2n) is 6.09. The number of nitrogens with two attached hydrogens (primary N) is 1. The lowest BCUT2D eigenvalue weighted by atomic mass is 9.91. The predicted molar refractivity (Wildman–Crippen MR) is 93.5 cm³/mol. The Balaban J connectivity index is 2.89. The van der Waals surface area contributed by atoms with Crippen LogP contribution in [0, 0.1) is 0 Å². The molecule has 1 rings (SSSR count). The van der Waals surface area contributed by atoms with E-state index in [1.54, 1.807) is 12.1 Å². The number of nitrogen functional groups attached to an aromatic ring is 1. The lowest BCUT2D eigenvalue weighted by Gasteiger charge is -2.15. The number of carbonyl (C=O) groups is 1. The molecule has 0 aliphatic heterocycles. The van der Waals surface area contributed by atoms with Crippen molar-refractivity contribution in [1.82, 2.24) is 0 Å². The molecule has 0 amide bonds. The van der Waals surface area contributed by atoms with Crippen molar-refractivity contribution in [2.45, 2.75) is 78.1 Å². The summed E-state index contributed by atoms with van der Waals surface area (Å²) in [6, 6.07) is 3.43. The summed E-state index contributed by atoms with van der Waals surface area (Å²) in [6.07, 6.45) is 11.0. The number of anilines is 1. The van der Waals surface area contributed by atoms with Crippen LogP contribution >= 0.6 is 0 Å². The average Bonchev–Trinajstić information content (AvgIpc) is 2.49. The molecule has 0 spiro atoms. The molecule has 0 aliphatic carbocycles. The van der Waals surface area contributed by atoms with Crippen molar-refractivity contribution < 1.29 is 9.90 Å². The van der Waals surface area contributed by atoms with Gasteiger partial charge in [-0.25, -0.2) is 4.79 Å². The van der Waals surface area contributed by atoms with Crippen LogP contribution < -0.4 is 5.73 Å². The monoisotopic (exact) mass is 305 g/mol. The Morgan fingerprint density at radius 1 is 0.909 bits per heavy atom. The lowest BCUT2D eigenvalue weighted by Crippen LogP contribution is -2.09. The van der Waals surface area contributed by atoms with Gasteiger partial charge in [-0.15, -0.1) is 0 Å². The lowest BCUT2D eigenvalue weighted by molar-refractivity contribution is 0.0695. The van der Waals surface area contributed by atoms with Crippen LogP contribution in [-0.4, -0.2) is 11.1 Å². The van der Waals surface area contributed by atoms with E-state index in [1.165, 1.54) is 32.1 Å². The molecule has 3 heteroatoms. The molecule has 3 nitrogen and oxygen atoms in total. The number of unbranched alkanes of at least 4 members (excludes halogenated alkanes) is 6. The number of hydrogen-bond donors (Lipinski definition) is 2. The summed E-state index contributed by atoms with van der Waals surface area (Å²) < 4.78 is 0. The minimum Gasteiger partial charge on any atom is -0.478 e. The van der Waals surface area contributed by atoms with E-state index >= 15 is 0 Å². The molecule has 0 bridgehead atoms. The molecule has 1 aromatic carbocycles. The highest BCUT2D eigenvalue weighted by Crippen LogP contribution is 2.26. The first-order chi connectivity index (χ1) is 10.6. The zero-order valence-electron chi connectivity index (χ0n) is 14.2. The maximum atomic E-state index is 11.5. The fourth-order valence-corrected chi connectivity index (χ4v) is 2.95. The standard InChI is InChI=1S/C19H31NO2/c1-3-5-7-9-11-15-16(12-10-8-6-4-2)18(20)14-13-17(15)19(21)22/h13-14H,3-12,20H2,1-2H3,(H,21,22). The molecule has 1 aromatic rings. The third kappa shape index (κ3) is 5.70. The second-order valence-corrected chi connectivity index (χ2v) is 6.09. The van der Waals surface area contributed by atoms with Gasteiger partial charge in [0.05, 0.1) is 5.56 Å². The summed E-state index contributed by atoms with van der Waals surface area (Å²) >= 11 is 0. The van der Waals surface area contributed by atoms with Gasteiger partial charge < -0.3 is 10.8 Å². The highest BCUT2D eigenvalue weighted by molar-refractivity contribution is 5.90. The van der Waals surface area contributed by atoms with Crippen LogP contribution in [0.2, 0.25) is 0 Å². The topological polar surface area (TPSA) is 63.3 Å². The van der Waals surface area contributed by atoms with E-state index in [-0.39, 0.29) is 0 Å². The molecule has 0 saturated heterocycles. The molecular formula is C19H31NO2. The van der Waals surface area contributed by atoms with Gasteiger partial charge >= 0.3 is 5.97 Å². The van der Waals surface area contributed by atoms with Gasteiger partial charge in [-0.3, -0.25) is 0 Å². The van der Waals surface area contributed by atoms with E-state index in [0.29, 0.717) is 5.56 Å². The molecule has 0 aliphatic rings. The van der Waals surface area contributed by atoms with Crippen LogP contribution in [0.4, 0.5) is 5.69 Å². The molecule has 0 saturated carbocycles. The van der Waals surface area contributed by atoms with Gasteiger partial charge in [-0.2, -0.15) is 0 Å². The summed E-state index contributed by atoms with van der Waals surface area (Å²) in [5.41, 5.74) is 9.39. The Morgan fingerprint density at radius 3 is 1.95 bits per heavy atom. The molecule has 0 atom stereocenters. The van der Waals surface area contributed by atoms with Crippen molar-refractivity contribution in [1.29, 1.82) is 0 Å². The van der Waals surface area contributed by atoms with Crippen LogP contribution in [0.3, 0.4) is 0 Å². The van der Waals surface area contributed by atoms with Gasteiger partial charge in [0.15, 0.2) is 0 Å². The fourth-order valence-electron chi connectivity index (χ4n) is 2.95. The van der Waals surface area contributed by atoms with Gasteiger partial charge in [0.1, 0.15) is 0 Å². The molecular weight excluding hydrogens is 274 g/mol. The summed E-state index contributed by atoms with van der Waals surface area (Å²) in [4.78, 5) is 11.5. The average molecular weight is 305 g/mol. The summed E-state index contributed by atoms with van der Waals surface area (Å²) in [6.45, 7) is 4.38. The smallest absolute Gasteiger partial charge is 0.335 e. The van der Waals surface area contributed by atoms with E-state index in [0.717, 1.165) is 48.9 Å². The van der Waals surface area contributed by atoms with Crippen LogP contribution in [0.1, 0.15) is 86.7 Å². The number of carboxylic acids is 1. The molecule has 0 fully saturated rings. The van der Waals surface area contributed by atoms with Gasteiger partial charge in [-0.1, -0.05) is 52.4 Å². The molecule has 0 radical (unpaired) electrons. The van der Waals surface area contributed by atoms with Crippen molar-refractivity contribution in [3.63, 3.8) is 0 Å². The number of benzene rings is 1. The number of rotatable bonds is 11. The van der Waals surface area contributed by atoms with Gasteiger partial charge in [0, 0.05) is 5.69 Å². The van der Waals surface area contributed by atoms with E-state index in [4.69, 9.17) is 5.73 Å². The third-order valence-electron chi connectivity index (χ3n) is 4.26. The SMILES string of the molecule is CCCCCCc1c(N)ccc(C(=O)O)c1CCCCCC. The number of hydrogen-bond acceptors (Lipinski definition) is 2. The second kappa shape index (κ2) is 10.3. The summed E-state index contributed by atoms with van der Waals surface area (Å²) in [7, 11) is 0. The fraction of sp³-hybridized carbons (Fsp3) is 0.632. The highest BCUT2D eigenvalue weighted by atomic mass is 16.4. The van der Waals surface area contributed by atoms with E-state index < -0.39 is 5.97 Å². The van der Waals surface area contributed by atoms with Crippen molar-refractivity contribution in [3.8, 4) is 0 Å². The van der Waals surface area contributed by atoms with Crippen molar-refractivity contribution in [2.24, 2.45) is 0 Å². The first kappa shape index (κ1) is 18.5. The Labute approximate surface area is 134 Å². The maximum Gasteiger partial charge on any atom is 0.335 e. The first-order valence-corrected chi connectivity index (χ1v) is 8.75. The molecule has 124 valence electrons. The number of carboxylic acid groups (broad SMARTS) is 1. The Bertz CT molecular complexity index is 469. The predicted octanol–water partition coefficient (Wildman–Crippen LogP) is 5.21. The van der Waals surface area contributed by atoms with Crippen LogP contribution in [0.25, 0.3) is 0 Å².